The number of fused-ring (bicyclic) bond motifs is 1. The Kier molecular flexibility index (Phi) is 3.55. The second kappa shape index (κ2) is 5.51. The molecule has 1 heterocycles. The van der Waals surface area contributed by atoms with E-state index in [0.717, 1.165) is 27.1 Å². The zero-order chi connectivity index (χ0) is 14.8. The zero-order valence-electron chi connectivity index (χ0n) is 11.9. The summed E-state index contributed by atoms with van der Waals surface area (Å²) in [5.74, 6) is 0. The van der Waals surface area contributed by atoms with Gasteiger partial charge in [-0.2, -0.15) is 0 Å². The summed E-state index contributed by atoms with van der Waals surface area (Å²) in [5.41, 5.74) is 3.92. The third kappa shape index (κ3) is 2.46. The molecule has 0 unspecified atom stereocenters. The van der Waals surface area contributed by atoms with E-state index in [4.69, 9.17) is 5.39 Å². The molecule has 0 atom stereocenters. The molecule has 0 aliphatic carbocycles. The molecular formula is C16H15N4S+. The minimum Gasteiger partial charge on any atom is -0.312 e. The Balaban J connectivity index is 2.22. The van der Waals surface area contributed by atoms with Crippen molar-refractivity contribution in [1.29, 1.82) is 5.39 Å². The van der Waals surface area contributed by atoms with Crippen molar-refractivity contribution >= 4 is 27.2 Å². The zero-order valence-corrected chi connectivity index (χ0v) is 12.8. The van der Waals surface area contributed by atoms with Crippen molar-refractivity contribution in [3.63, 3.8) is 0 Å². The molecule has 0 spiro atoms. The number of rotatable bonds is 2. The molecule has 0 fully saturated rings. The Hall–Kier alpha value is -2.45. The van der Waals surface area contributed by atoms with Crippen molar-refractivity contribution in [2.24, 2.45) is 4.99 Å². The van der Waals surface area contributed by atoms with Crippen molar-refractivity contribution in [1.82, 2.24) is 4.57 Å². The predicted octanol–water partition coefficient (Wildman–Crippen LogP) is 4.07. The van der Waals surface area contributed by atoms with Crippen LogP contribution in [0.15, 0.2) is 47.5 Å². The normalized spacial score (nSPS) is 11.8. The van der Waals surface area contributed by atoms with Crippen LogP contribution in [0.2, 0.25) is 0 Å². The van der Waals surface area contributed by atoms with Gasteiger partial charge in [-0.15, -0.1) is 0 Å². The number of aromatic nitrogens is 1. The summed E-state index contributed by atoms with van der Waals surface area (Å²) in [7, 11) is 1.80. The lowest BCUT2D eigenvalue weighted by Crippen LogP contribution is -2.15. The number of aryl methyl sites for hydroxylation is 1. The van der Waals surface area contributed by atoms with Crippen LogP contribution >= 0.6 is 11.3 Å². The summed E-state index contributed by atoms with van der Waals surface area (Å²) in [4.78, 5) is 8.67. The van der Waals surface area contributed by atoms with Crippen LogP contribution in [0.3, 0.4) is 0 Å². The number of nitrogens with zero attached hydrogens (tertiary/aromatic N) is 4. The lowest BCUT2D eigenvalue weighted by molar-refractivity contribution is 0.796. The molecule has 2 aromatic carbocycles. The molecule has 4 nitrogen and oxygen atoms in total. The fourth-order valence-electron chi connectivity index (χ4n) is 2.40. The number of hydrogen-bond acceptors (Lipinski definition) is 3. The lowest BCUT2D eigenvalue weighted by atomic mass is 10.2. The van der Waals surface area contributed by atoms with Crippen LogP contribution in [-0.2, 0) is 6.54 Å². The van der Waals surface area contributed by atoms with E-state index >= 15 is 0 Å². The Labute approximate surface area is 126 Å². The first-order chi connectivity index (χ1) is 10.2. The average Bonchev–Trinajstić information content (AvgIpc) is 2.84. The molecule has 0 amide bonds. The third-order valence-electron chi connectivity index (χ3n) is 3.48. The molecule has 0 bridgehead atoms. The maximum Gasteiger partial charge on any atom is 0.389 e. The Morgan fingerprint density at radius 3 is 2.67 bits per heavy atom. The van der Waals surface area contributed by atoms with E-state index in [1.165, 1.54) is 5.56 Å². The fraction of sp³-hybridized carbons (Fsp3) is 0.188. The molecule has 0 N–H and O–H groups in total. The Morgan fingerprint density at radius 2 is 2.00 bits per heavy atom. The smallest absolute Gasteiger partial charge is 0.312 e. The first-order valence-corrected chi connectivity index (χ1v) is 7.50. The lowest BCUT2D eigenvalue weighted by Gasteiger charge is -2.05. The largest absolute Gasteiger partial charge is 0.389 e. The van der Waals surface area contributed by atoms with E-state index in [2.05, 4.69) is 32.7 Å². The van der Waals surface area contributed by atoms with Gasteiger partial charge in [-0.05, 0) is 18.6 Å². The van der Waals surface area contributed by atoms with E-state index < -0.39 is 0 Å². The van der Waals surface area contributed by atoms with Gasteiger partial charge in [-0.3, -0.25) is 4.99 Å². The molecule has 0 aliphatic heterocycles. The molecule has 3 aromatic rings. The van der Waals surface area contributed by atoms with E-state index in [0.29, 0.717) is 5.69 Å². The second-order valence-electron chi connectivity index (χ2n) is 4.89. The van der Waals surface area contributed by atoms with Gasteiger partial charge >= 0.3 is 5.69 Å². The van der Waals surface area contributed by atoms with Crippen LogP contribution in [-0.4, -0.2) is 11.6 Å². The molecule has 1 aromatic heterocycles. The number of benzene rings is 2. The monoisotopic (exact) mass is 295 g/mol. The van der Waals surface area contributed by atoms with Gasteiger partial charge in [0.05, 0.1) is 22.8 Å². The van der Waals surface area contributed by atoms with Gasteiger partial charge < -0.3 is 4.57 Å². The van der Waals surface area contributed by atoms with Crippen molar-refractivity contribution in [3.05, 3.63) is 63.4 Å². The summed E-state index contributed by atoms with van der Waals surface area (Å²) in [6.07, 6.45) is 0. The summed E-state index contributed by atoms with van der Waals surface area (Å²) < 4.78 is 3.27. The third-order valence-corrected chi connectivity index (χ3v) is 4.62. The summed E-state index contributed by atoms with van der Waals surface area (Å²) in [6, 6.07) is 14.3. The quantitative estimate of drug-likeness (QED) is 0.657. The van der Waals surface area contributed by atoms with Gasteiger partial charge in [0, 0.05) is 12.6 Å². The van der Waals surface area contributed by atoms with Gasteiger partial charge in [0.1, 0.15) is 0 Å². The van der Waals surface area contributed by atoms with Gasteiger partial charge in [-0.1, -0.05) is 41.7 Å². The number of thiazole rings is 1. The minimum absolute atomic E-state index is 0.610. The van der Waals surface area contributed by atoms with E-state index in [1.807, 2.05) is 31.2 Å². The standard InChI is InChI=1S/C16H15N4S/c1-11-8-14-15(9-13(11)19-17)21-16(18-2)20(14)10-12-6-4-3-5-7-12/h3-9H,10H2,1-2H3/q+1. The Morgan fingerprint density at radius 1 is 1.24 bits per heavy atom. The van der Waals surface area contributed by atoms with E-state index in [-0.39, 0.29) is 0 Å². The summed E-state index contributed by atoms with van der Waals surface area (Å²) in [6.45, 7) is 2.73. The second-order valence-corrected chi connectivity index (χ2v) is 5.90. The molecule has 5 heteroatoms. The van der Waals surface area contributed by atoms with Crippen molar-refractivity contribution in [2.45, 2.75) is 13.5 Å². The van der Waals surface area contributed by atoms with Crippen LogP contribution in [0.5, 0.6) is 0 Å². The van der Waals surface area contributed by atoms with Crippen LogP contribution in [0.4, 0.5) is 5.69 Å². The number of hydrogen-bond donors (Lipinski definition) is 0. The van der Waals surface area contributed by atoms with Gasteiger partial charge in [0.25, 0.3) is 0 Å². The highest BCUT2D eigenvalue weighted by molar-refractivity contribution is 7.16. The van der Waals surface area contributed by atoms with E-state index in [9.17, 15) is 0 Å². The topological polar surface area (TPSA) is 45.4 Å². The van der Waals surface area contributed by atoms with Crippen LogP contribution in [0, 0.1) is 12.3 Å². The van der Waals surface area contributed by atoms with Gasteiger partial charge in [0.2, 0.25) is 5.39 Å². The van der Waals surface area contributed by atoms with Gasteiger partial charge in [-0.25, -0.2) is 0 Å². The molecular weight excluding hydrogens is 280 g/mol. The predicted molar refractivity (Wildman–Crippen MR) is 86.3 cm³/mol. The summed E-state index contributed by atoms with van der Waals surface area (Å²) in [5, 5.41) is 9.05. The average molecular weight is 295 g/mol. The molecule has 0 aliphatic rings. The highest BCUT2D eigenvalue weighted by Crippen LogP contribution is 2.28. The molecule has 0 saturated carbocycles. The van der Waals surface area contributed by atoms with E-state index in [1.54, 1.807) is 18.4 Å². The van der Waals surface area contributed by atoms with Crippen molar-refractivity contribution < 1.29 is 0 Å². The molecule has 0 radical (unpaired) electrons. The Bertz CT molecular complexity index is 898. The molecule has 0 saturated heterocycles. The molecule has 3 rings (SSSR count). The highest BCUT2D eigenvalue weighted by Gasteiger charge is 2.15. The first-order valence-electron chi connectivity index (χ1n) is 6.69. The minimum atomic E-state index is 0.610. The maximum atomic E-state index is 9.05. The van der Waals surface area contributed by atoms with Crippen LogP contribution in [0.1, 0.15) is 11.1 Å². The van der Waals surface area contributed by atoms with Gasteiger partial charge in [0.15, 0.2) is 9.78 Å². The van der Waals surface area contributed by atoms with Crippen LogP contribution < -0.4 is 4.80 Å². The fourth-order valence-corrected chi connectivity index (χ4v) is 3.41. The van der Waals surface area contributed by atoms with Crippen molar-refractivity contribution in [2.75, 3.05) is 7.05 Å². The maximum absolute atomic E-state index is 9.05. The number of diazo groups is 1. The first kappa shape index (κ1) is 13.5. The molecule has 104 valence electrons. The van der Waals surface area contributed by atoms with Crippen LogP contribution in [0.25, 0.3) is 15.2 Å². The SMILES string of the molecule is CN=c1sc2cc([N+]#N)c(C)cc2n1Cc1ccccc1. The highest BCUT2D eigenvalue weighted by atomic mass is 32.1. The summed E-state index contributed by atoms with van der Waals surface area (Å²) >= 11 is 1.61. The van der Waals surface area contributed by atoms with Crippen molar-refractivity contribution in [3.8, 4) is 0 Å². The molecule has 21 heavy (non-hydrogen) atoms.